The summed E-state index contributed by atoms with van der Waals surface area (Å²) in [7, 11) is 0. The Morgan fingerprint density at radius 3 is 3.14 bits per heavy atom. The zero-order valence-corrected chi connectivity index (χ0v) is 9.46. The second kappa shape index (κ2) is 4.43. The third kappa shape index (κ3) is 2.35. The van der Waals surface area contributed by atoms with Gasteiger partial charge in [0.25, 0.3) is 0 Å². The summed E-state index contributed by atoms with van der Waals surface area (Å²) in [5, 5.41) is 2.14. The van der Waals surface area contributed by atoms with Gasteiger partial charge in [-0.15, -0.1) is 11.3 Å². The molecule has 0 bridgehead atoms. The van der Waals surface area contributed by atoms with Crippen molar-refractivity contribution in [2.75, 3.05) is 13.1 Å². The van der Waals surface area contributed by atoms with Gasteiger partial charge in [0.1, 0.15) is 0 Å². The van der Waals surface area contributed by atoms with E-state index in [9.17, 15) is 0 Å². The molecule has 1 aromatic heterocycles. The molecular weight excluding hydrogens is 192 g/mol. The maximum absolute atomic E-state index is 6.06. The van der Waals surface area contributed by atoms with E-state index < -0.39 is 0 Å². The van der Waals surface area contributed by atoms with Crippen LogP contribution in [0.5, 0.6) is 0 Å². The highest BCUT2D eigenvalue weighted by atomic mass is 32.1. The molecule has 2 nitrogen and oxygen atoms in total. The van der Waals surface area contributed by atoms with Crippen LogP contribution in [0.15, 0.2) is 17.5 Å². The van der Waals surface area contributed by atoms with Gasteiger partial charge < -0.3 is 5.73 Å². The van der Waals surface area contributed by atoms with Crippen molar-refractivity contribution in [3.05, 3.63) is 22.4 Å². The first-order chi connectivity index (χ1) is 6.75. The molecule has 0 radical (unpaired) electrons. The molecule has 1 fully saturated rings. The van der Waals surface area contributed by atoms with E-state index in [2.05, 4.69) is 29.3 Å². The van der Waals surface area contributed by atoms with Gasteiger partial charge in [-0.05, 0) is 30.3 Å². The predicted molar refractivity (Wildman–Crippen MR) is 61.4 cm³/mol. The van der Waals surface area contributed by atoms with Crippen LogP contribution in [0.1, 0.15) is 18.2 Å². The quantitative estimate of drug-likeness (QED) is 0.808. The highest BCUT2D eigenvalue weighted by Crippen LogP contribution is 2.19. The second-order valence-corrected chi connectivity index (χ2v) is 5.28. The van der Waals surface area contributed by atoms with E-state index in [1.54, 1.807) is 0 Å². The highest BCUT2D eigenvalue weighted by molar-refractivity contribution is 7.09. The molecule has 2 unspecified atom stereocenters. The zero-order chi connectivity index (χ0) is 9.97. The maximum atomic E-state index is 6.06. The molecule has 2 atom stereocenters. The lowest BCUT2D eigenvalue weighted by atomic mass is 9.94. The summed E-state index contributed by atoms with van der Waals surface area (Å²) < 4.78 is 0. The lowest BCUT2D eigenvalue weighted by molar-refractivity contribution is 0.163. The van der Waals surface area contributed by atoms with E-state index in [-0.39, 0.29) is 0 Å². The van der Waals surface area contributed by atoms with Gasteiger partial charge in [0, 0.05) is 24.0 Å². The normalized spacial score (nSPS) is 29.3. The molecule has 1 aliphatic heterocycles. The molecule has 0 amide bonds. The summed E-state index contributed by atoms with van der Waals surface area (Å²) in [6.45, 7) is 5.59. The minimum atomic E-state index is 0.365. The summed E-state index contributed by atoms with van der Waals surface area (Å²) in [4.78, 5) is 3.92. The largest absolute Gasteiger partial charge is 0.326 e. The highest BCUT2D eigenvalue weighted by Gasteiger charge is 2.22. The Balaban J connectivity index is 1.88. The molecule has 1 aromatic rings. The van der Waals surface area contributed by atoms with Gasteiger partial charge in [0.2, 0.25) is 0 Å². The summed E-state index contributed by atoms with van der Waals surface area (Å²) in [6.07, 6.45) is 1.24. The number of rotatable bonds is 2. The van der Waals surface area contributed by atoms with Gasteiger partial charge in [-0.3, -0.25) is 4.90 Å². The number of nitrogens with two attached hydrogens (primary N) is 1. The Labute approximate surface area is 89.7 Å². The minimum absolute atomic E-state index is 0.365. The lowest BCUT2D eigenvalue weighted by Crippen LogP contribution is -2.46. The predicted octanol–water partition coefficient (Wildman–Crippen LogP) is 1.92. The molecule has 2 heterocycles. The van der Waals surface area contributed by atoms with Crippen molar-refractivity contribution >= 4 is 11.3 Å². The van der Waals surface area contributed by atoms with Crippen LogP contribution >= 0.6 is 11.3 Å². The van der Waals surface area contributed by atoms with Gasteiger partial charge in [0.15, 0.2) is 0 Å². The lowest BCUT2D eigenvalue weighted by Gasteiger charge is -2.34. The summed E-state index contributed by atoms with van der Waals surface area (Å²) in [5.41, 5.74) is 6.06. The first-order valence-corrected chi connectivity index (χ1v) is 6.14. The van der Waals surface area contributed by atoms with Crippen LogP contribution < -0.4 is 5.73 Å². The maximum Gasteiger partial charge on any atom is 0.0328 e. The Morgan fingerprint density at radius 2 is 2.50 bits per heavy atom. The van der Waals surface area contributed by atoms with Crippen LogP contribution in [0.25, 0.3) is 0 Å². The first kappa shape index (κ1) is 10.1. The molecule has 1 saturated heterocycles. The van der Waals surface area contributed by atoms with Crippen LogP contribution in [0.2, 0.25) is 0 Å². The van der Waals surface area contributed by atoms with Gasteiger partial charge >= 0.3 is 0 Å². The molecule has 2 N–H and O–H groups in total. The van der Waals surface area contributed by atoms with Crippen molar-refractivity contribution in [1.29, 1.82) is 0 Å². The number of nitrogens with zero attached hydrogens (tertiary/aromatic N) is 1. The Hall–Kier alpha value is -0.380. The summed E-state index contributed by atoms with van der Waals surface area (Å²) in [5.74, 6) is 0.689. The van der Waals surface area contributed by atoms with Crippen LogP contribution in [-0.4, -0.2) is 24.0 Å². The molecule has 0 spiro atoms. The van der Waals surface area contributed by atoms with Gasteiger partial charge in [-0.1, -0.05) is 13.0 Å². The van der Waals surface area contributed by atoms with Gasteiger partial charge in [-0.2, -0.15) is 0 Å². The van der Waals surface area contributed by atoms with Crippen LogP contribution in [0.4, 0.5) is 0 Å². The third-order valence-electron chi connectivity index (χ3n) is 3.06. The number of likely N-dealkylation sites (tertiary alicyclic amines) is 1. The molecule has 14 heavy (non-hydrogen) atoms. The Bertz CT molecular complexity index is 271. The molecule has 0 aromatic carbocycles. The van der Waals surface area contributed by atoms with Crippen molar-refractivity contribution < 1.29 is 0 Å². The number of thiophene rings is 1. The fourth-order valence-corrected chi connectivity index (χ4v) is 2.68. The average Bonchev–Trinajstić information content (AvgIpc) is 2.64. The summed E-state index contributed by atoms with van der Waals surface area (Å²) >= 11 is 1.84. The second-order valence-electron chi connectivity index (χ2n) is 4.24. The van der Waals surface area contributed by atoms with Crippen LogP contribution in [0, 0.1) is 5.92 Å². The molecule has 78 valence electrons. The zero-order valence-electron chi connectivity index (χ0n) is 8.65. The van der Waals surface area contributed by atoms with E-state index >= 15 is 0 Å². The number of hydrogen-bond donors (Lipinski definition) is 1. The van der Waals surface area contributed by atoms with E-state index in [0.717, 1.165) is 13.1 Å². The van der Waals surface area contributed by atoms with Crippen LogP contribution in [-0.2, 0) is 6.54 Å². The number of piperidine rings is 1. The summed E-state index contributed by atoms with van der Waals surface area (Å²) in [6, 6.07) is 4.68. The minimum Gasteiger partial charge on any atom is -0.326 e. The van der Waals surface area contributed by atoms with Gasteiger partial charge in [-0.25, -0.2) is 0 Å². The fourth-order valence-electron chi connectivity index (χ4n) is 1.94. The first-order valence-electron chi connectivity index (χ1n) is 5.26. The number of hydrogen-bond acceptors (Lipinski definition) is 3. The van der Waals surface area contributed by atoms with Crippen molar-refractivity contribution in [2.45, 2.75) is 25.9 Å². The molecule has 0 saturated carbocycles. The van der Waals surface area contributed by atoms with E-state index in [0.29, 0.717) is 12.0 Å². The standard InChI is InChI=1S/C11H18N2S/c1-9-4-5-13(8-11(9)12)7-10-3-2-6-14-10/h2-3,6,9,11H,4-5,7-8,12H2,1H3. The topological polar surface area (TPSA) is 29.3 Å². The molecule has 0 aliphatic carbocycles. The SMILES string of the molecule is CC1CCN(Cc2cccs2)CC1N. The van der Waals surface area contributed by atoms with Crippen molar-refractivity contribution in [3.8, 4) is 0 Å². The van der Waals surface area contributed by atoms with Crippen molar-refractivity contribution in [3.63, 3.8) is 0 Å². The average molecular weight is 210 g/mol. The molecule has 1 aliphatic rings. The van der Waals surface area contributed by atoms with E-state index in [1.807, 2.05) is 11.3 Å². The third-order valence-corrected chi connectivity index (χ3v) is 3.92. The fraction of sp³-hybridized carbons (Fsp3) is 0.636. The van der Waals surface area contributed by atoms with E-state index in [4.69, 9.17) is 5.73 Å². The Morgan fingerprint density at radius 1 is 1.64 bits per heavy atom. The Kier molecular flexibility index (Phi) is 3.21. The molecular formula is C11H18N2S. The van der Waals surface area contributed by atoms with Crippen molar-refractivity contribution in [1.82, 2.24) is 4.90 Å². The smallest absolute Gasteiger partial charge is 0.0328 e. The van der Waals surface area contributed by atoms with Crippen molar-refractivity contribution in [2.24, 2.45) is 11.7 Å². The van der Waals surface area contributed by atoms with Crippen LogP contribution in [0.3, 0.4) is 0 Å². The monoisotopic (exact) mass is 210 g/mol. The molecule has 2 rings (SSSR count). The van der Waals surface area contributed by atoms with Gasteiger partial charge in [0.05, 0.1) is 0 Å². The molecule has 3 heteroatoms. The van der Waals surface area contributed by atoms with E-state index in [1.165, 1.54) is 17.8 Å².